The number of sulfone groups is 1. The normalized spacial score (nSPS) is 12.5. The number of rotatable bonds is 8. The molecule has 0 fully saturated rings. The van der Waals surface area contributed by atoms with Crippen molar-refractivity contribution in [3.05, 3.63) is 86.0 Å². The largest absolute Gasteiger partial charge is 0.538 e. The maximum absolute atomic E-state index is 13.3. The molecule has 0 unspecified atom stereocenters. The molecule has 6 aromatic rings. The third kappa shape index (κ3) is 4.50. The molecule has 43 heavy (non-hydrogen) atoms. The van der Waals surface area contributed by atoms with Crippen LogP contribution in [0, 0.1) is 0 Å². The Morgan fingerprint density at radius 2 is 0.977 bits per heavy atom. The Labute approximate surface area is 240 Å². The van der Waals surface area contributed by atoms with Crippen molar-refractivity contribution in [2.75, 3.05) is 0 Å². The molecule has 18 nitrogen and oxygen atoms in total. The monoisotopic (exact) mass is 646 g/mol. The molecule has 0 radical (unpaired) electrons. The van der Waals surface area contributed by atoms with Crippen molar-refractivity contribution in [2.45, 2.75) is 19.8 Å². The molecule has 220 valence electrons. The molecule has 0 aliphatic rings. The van der Waals surface area contributed by atoms with E-state index < -0.39 is 51.8 Å². The molecule has 0 spiro atoms. The first-order valence-corrected chi connectivity index (χ1v) is 15.9. The van der Waals surface area contributed by atoms with Crippen LogP contribution in [-0.2, 0) is 29.9 Å². The van der Waals surface area contributed by atoms with Crippen LogP contribution < -0.4 is 19.6 Å². The summed E-state index contributed by atoms with van der Waals surface area (Å²) in [4.78, 5) is 6.87. The van der Waals surface area contributed by atoms with E-state index in [1.807, 2.05) is 0 Å². The molecule has 0 N–H and O–H groups in total. The van der Waals surface area contributed by atoms with Gasteiger partial charge >= 0.3 is 30.1 Å². The van der Waals surface area contributed by atoms with Crippen molar-refractivity contribution in [1.29, 1.82) is 0 Å². The molecule has 0 saturated carbocycles. The molecule has 0 saturated heterocycles. The predicted molar refractivity (Wildman–Crippen MR) is 130 cm³/mol. The van der Waals surface area contributed by atoms with Gasteiger partial charge in [0, 0.05) is 49.1 Å². The fourth-order valence-corrected chi connectivity index (χ4v) is 7.54. The van der Waals surface area contributed by atoms with E-state index in [9.17, 15) is 35.5 Å². The number of hydrogen-bond donors (Lipinski definition) is 0. The molecule has 2 aromatic carbocycles. The molecular weight excluding hydrogens is 632 g/mol. The topological polar surface area (TPSA) is 244 Å². The van der Waals surface area contributed by atoms with Crippen LogP contribution >= 0.6 is 0 Å². The first kappa shape index (κ1) is 27.7. The van der Waals surface area contributed by atoms with E-state index in [-0.39, 0.29) is 21.2 Å². The summed E-state index contributed by atoms with van der Waals surface area (Å²) < 4.78 is 90.1. The van der Waals surface area contributed by atoms with Crippen molar-refractivity contribution in [1.82, 2.24) is 28.5 Å². The second-order valence-corrected chi connectivity index (χ2v) is 13.9. The Balaban J connectivity index is 1.31. The van der Waals surface area contributed by atoms with Gasteiger partial charge in [0.2, 0.25) is 21.2 Å². The smallest absolute Gasteiger partial charge is 0.374 e. The Kier molecular flexibility index (Phi) is 6.36. The van der Waals surface area contributed by atoms with E-state index >= 15 is 0 Å². The van der Waals surface area contributed by atoms with Crippen LogP contribution in [0.4, 0.5) is 0 Å². The minimum absolute atomic E-state index is 0.00122. The fourth-order valence-electron chi connectivity index (χ4n) is 3.89. The average Bonchev–Trinajstić information content (AvgIpc) is 3.80. The molecule has 0 atom stereocenters. The molecule has 4 aromatic heterocycles. The highest BCUT2D eigenvalue weighted by atomic mass is 32.2. The van der Waals surface area contributed by atoms with Gasteiger partial charge in [0.05, 0.1) is 20.3 Å². The third-order valence-corrected chi connectivity index (χ3v) is 10.9. The van der Waals surface area contributed by atoms with Crippen molar-refractivity contribution in [2.24, 2.45) is 0 Å². The average molecular weight is 647 g/mol. The molecule has 6 rings (SSSR count). The lowest BCUT2D eigenvalue weighted by Crippen LogP contribution is -2.39. The zero-order chi connectivity index (χ0) is 30.6. The zero-order valence-electron chi connectivity index (χ0n) is 21.0. The highest BCUT2D eigenvalue weighted by Gasteiger charge is 2.36. The van der Waals surface area contributed by atoms with Gasteiger partial charge in [-0.1, -0.05) is 0 Å². The molecule has 0 amide bonds. The van der Waals surface area contributed by atoms with Crippen LogP contribution in [0.3, 0.4) is 0 Å². The molecule has 4 heterocycles. The van der Waals surface area contributed by atoms with Crippen LogP contribution in [0.1, 0.15) is 0 Å². The first-order chi connectivity index (χ1) is 20.4. The summed E-state index contributed by atoms with van der Waals surface area (Å²) in [6.07, 6.45) is 6.53. The second kappa shape index (κ2) is 9.85. The zero-order valence-corrected chi connectivity index (χ0v) is 23.4. The van der Waals surface area contributed by atoms with E-state index in [2.05, 4.69) is 29.6 Å². The number of aromatic nitrogens is 8. The van der Waals surface area contributed by atoms with Crippen molar-refractivity contribution < 1.29 is 53.9 Å². The summed E-state index contributed by atoms with van der Waals surface area (Å²) in [6, 6.07) is 9.48. The van der Waals surface area contributed by atoms with Crippen LogP contribution in [0.25, 0.3) is 11.4 Å². The second-order valence-electron chi connectivity index (χ2n) is 8.44. The Bertz CT molecular complexity index is 2120. The molecule has 0 bridgehead atoms. The lowest BCUT2D eigenvalue weighted by Gasteiger charge is -2.05. The van der Waals surface area contributed by atoms with Crippen LogP contribution in [0.5, 0.6) is 11.9 Å². The van der Waals surface area contributed by atoms with E-state index in [1.54, 1.807) is 0 Å². The standard InChI is InChI=1S/C22H14N8O10S3/c31-21-19(42(35,36)27-11-9-23-13-27)29(25-39-21)15-1-5-17(6-2-15)41(33,34)18-7-3-16(4-8-18)30-20(22(32)40-26-30)43(37,38)28-12-10-24-14-28/h1-14H. The summed E-state index contributed by atoms with van der Waals surface area (Å²) in [7, 11) is -13.0. The van der Waals surface area contributed by atoms with Gasteiger partial charge < -0.3 is 19.3 Å². The van der Waals surface area contributed by atoms with Gasteiger partial charge in [-0.25, -0.2) is 26.3 Å². The minimum atomic E-state index is -4.44. The molecule has 21 heteroatoms. The molecule has 0 aliphatic heterocycles. The molecular formula is C22H14N8O10S3. The number of imidazole rings is 2. The van der Waals surface area contributed by atoms with Crippen molar-refractivity contribution >= 4 is 29.9 Å². The highest BCUT2D eigenvalue weighted by molar-refractivity contribution is 7.91. The van der Waals surface area contributed by atoms with Crippen LogP contribution in [0.15, 0.2) is 115 Å². The fraction of sp³-hybridized carbons (Fsp3) is 0. The van der Waals surface area contributed by atoms with E-state index in [1.165, 1.54) is 36.7 Å². The van der Waals surface area contributed by atoms with Gasteiger partial charge in [-0.3, -0.25) is 0 Å². The molecule has 0 aliphatic carbocycles. The van der Waals surface area contributed by atoms with Gasteiger partial charge in [0.15, 0.2) is 11.9 Å². The maximum Gasteiger partial charge on any atom is 0.374 e. The number of nitrogens with zero attached hydrogens (tertiary/aromatic N) is 8. The summed E-state index contributed by atoms with van der Waals surface area (Å²) in [5.41, 5.74) is 0.00244. The van der Waals surface area contributed by atoms with Gasteiger partial charge in [-0.2, -0.15) is 16.8 Å². The Morgan fingerprint density at radius 3 is 1.30 bits per heavy atom. The summed E-state index contributed by atoms with van der Waals surface area (Å²) in [5.74, 6) is -2.50. The van der Waals surface area contributed by atoms with E-state index in [0.717, 1.165) is 49.3 Å². The first-order valence-electron chi connectivity index (χ1n) is 11.5. The number of hydrogen-bond acceptors (Lipinski definition) is 14. The van der Waals surface area contributed by atoms with Gasteiger partial charge in [0.25, 0.3) is 0 Å². The van der Waals surface area contributed by atoms with Crippen molar-refractivity contribution in [3.8, 4) is 23.3 Å². The van der Waals surface area contributed by atoms with Gasteiger partial charge in [-0.15, -0.1) is 0 Å². The Morgan fingerprint density at radius 1 is 0.605 bits per heavy atom. The highest BCUT2D eigenvalue weighted by Crippen LogP contribution is 2.25. The maximum atomic E-state index is 13.3. The SMILES string of the molecule is O=S(=O)(c1ccc(-[n+]2noc([O-])c2S(=O)(=O)n2ccnc2)cc1)c1ccc(-[n+]2noc([O-])c2S(=O)(=O)n2ccnc2)cc1. The minimum Gasteiger partial charge on any atom is -0.538 e. The lowest BCUT2D eigenvalue weighted by atomic mass is 10.3. The summed E-state index contributed by atoms with van der Waals surface area (Å²) in [6.45, 7) is 0. The number of benzene rings is 2. The summed E-state index contributed by atoms with van der Waals surface area (Å²) in [5, 5.41) is 29.7. The van der Waals surface area contributed by atoms with Crippen LogP contribution in [-0.4, -0.2) is 53.7 Å². The quantitative estimate of drug-likeness (QED) is 0.163. The summed E-state index contributed by atoms with van der Waals surface area (Å²) >= 11 is 0. The van der Waals surface area contributed by atoms with E-state index in [0.29, 0.717) is 17.3 Å². The third-order valence-electron chi connectivity index (χ3n) is 5.93. The lowest BCUT2D eigenvalue weighted by molar-refractivity contribution is -0.706. The van der Waals surface area contributed by atoms with Crippen molar-refractivity contribution in [3.63, 3.8) is 0 Å². The van der Waals surface area contributed by atoms with Gasteiger partial charge in [-0.05, 0) is 33.6 Å². The van der Waals surface area contributed by atoms with Gasteiger partial charge in [0.1, 0.15) is 12.7 Å². The van der Waals surface area contributed by atoms with Crippen LogP contribution in [0.2, 0.25) is 0 Å². The van der Waals surface area contributed by atoms with E-state index in [4.69, 9.17) is 0 Å². The predicted octanol–water partition coefficient (Wildman–Crippen LogP) is -1.94. The Hall–Kier alpha value is -5.41.